The molecule has 2 heterocycles. The van der Waals surface area contributed by atoms with Crippen LogP contribution in [0.5, 0.6) is 0 Å². The van der Waals surface area contributed by atoms with Crippen LogP contribution in [0.25, 0.3) is 22.2 Å². The molecule has 4 aromatic rings. The van der Waals surface area contributed by atoms with Gasteiger partial charge in [0.25, 0.3) is 11.8 Å². The van der Waals surface area contributed by atoms with E-state index >= 15 is 0 Å². The van der Waals surface area contributed by atoms with E-state index in [0.29, 0.717) is 28.5 Å². The fourth-order valence-electron chi connectivity index (χ4n) is 2.45. The molecule has 128 valence electrons. The molecule has 4 rings (SSSR count). The standard InChI is InChI=1S/C19H12IN3O2S/c20-14-8-3-1-6-12(14)18(24)21-15-9-4-2-7-13(15)19-22-17(23-25-19)16-10-5-11-26-16/h1-11H,(H,21,24). The number of carbonyl (C=O) groups is 1. The number of aromatic nitrogens is 2. The van der Waals surface area contributed by atoms with Crippen LogP contribution in [0.4, 0.5) is 5.69 Å². The minimum absolute atomic E-state index is 0.180. The lowest BCUT2D eigenvalue weighted by Crippen LogP contribution is -2.14. The normalized spacial score (nSPS) is 10.7. The highest BCUT2D eigenvalue weighted by Gasteiger charge is 2.17. The van der Waals surface area contributed by atoms with E-state index in [2.05, 4.69) is 38.0 Å². The van der Waals surface area contributed by atoms with Crippen molar-refractivity contribution < 1.29 is 9.32 Å². The van der Waals surface area contributed by atoms with Crippen LogP contribution in [-0.2, 0) is 0 Å². The van der Waals surface area contributed by atoms with E-state index in [9.17, 15) is 4.79 Å². The Labute approximate surface area is 167 Å². The lowest BCUT2D eigenvalue weighted by atomic mass is 10.1. The first-order chi connectivity index (χ1) is 12.7. The van der Waals surface area contributed by atoms with E-state index in [1.807, 2.05) is 60.0 Å². The molecule has 0 aliphatic carbocycles. The van der Waals surface area contributed by atoms with Crippen molar-refractivity contribution in [3.8, 4) is 22.2 Å². The van der Waals surface area contributed by atoms with Gasteiger partial charge in [-0.3, -0.25) is 4.79 Å². The summed E-state index contributed by atoms with van der Waals surface area (Å²) in [7, 11) is 0. The highest BCUT2D eigenvalue weighted by atomic mass is 127. The molecule has 0 saturated carbocycles. The van der Waals surface area contributed by atoms with Gasteiger partial charge < -0.3 is 9.84 Å². The number of anilines is 1. The molecule has 0 spiro atoms. The van der Waals surface area contributed by atoms with Gasteiger partial charge in [-0.25, -0.2) is 0 Å². The molecule has 0 atom stereocenters. The monoisotopic (exact) mass is 473 g/mol. The first kappa shape index (κ1) is 16.9. The quantitative estimate of drug-likeness (QED) is 0.408. The number of nitrogens with zero attached hydrogens (tertiary/aromatic N) is 2. The summed E-state index contributed by atoms with van der Waals surface area (Å²) in [5, 5.41) is 8.94. The molecule has 5 nitrogen and oxygen atoms in total. The predicted molar refractivity (Wildman–Crippen MR) is 110 cm³/mol. The van der Waals surface area contributed by atoms with Crippen LogP contribution in [0.15, 0.2) is 70.6 Å². The van der Waals surface area contributed by atoms with E-state index in [1.54, 1.807) is 17.4 Å². The number of amides is 1. The summed E-state index contributed by atoms with van der Waals surface area (Å²) in [5.74, 6) is 0.723. The fraction of sp³-hybridized carbons (Fsp3) is 0. The minimum Gasteiger partial charge on any atom is -0.334 e. The number of carbonyl (C=O) groups excluding carboxylic acids is 1. The Morgan fingerprint density at radius 1 is 1.04 bits per heavy atom. The number of para-hydroxylation sites is 1. The number of halogens is 1. The number of thiophene rings is 1. The summed E-state index contributed by atoms with van der Waals surface area (Å²) >= 11 is 3.69. The van der Waals surface area contributed by atoms with E-state index < -0.39 is 0 Å². The number of hydrogen-bond acceptors (Lipinski definition) is 5. The molecule has 0 unspecified atom stereocenters. The number of rotatable bonds is 4. The summed E-state index contributed by atoms with van der Waals surface area (Å²) in [5.41, 5.74) is 1.92. The molecule has 0 bridgehead atoms. The van der Waals surface area contributed by atoms with Crippen LogP contribution in [0.2, 0.25) is 0 Å². The second-order valence-electron chi connectivity index (χ2n) is 5.38. The topological polar surface area (TPSA) is 68.0 Å². The van der Waals surface area contributed by atoms with Crippen LogP contribution >= 0.6 is 33.9 Å². The zero-order valence-electron chi connectivity index (χ0n) is 13.3. The summed E-state index contributed by atoms with van der Waals surface area (Å²) in [6.07, 6.45) is 0. The lowest BCUT2D eigenvalue weighted by molar-refractivity contribution is 0.102. The van der Waals surface area contributed by atoms with Crippen molar-refractivity contribution in [2.45, 2.75) is 0 Å². The first-order valence-corrected chi connectivity index (χ1v) is 9.71. The maximum atomic E-state index is 12.6. The van der Waals surface area contributed by atoms with Crippen LogP contribution < -0.4 is 5.32 Å². The second-order valence-corrected chi connectivity index (χ2v) is 7.49. The van der Waals surface area contributed by atoms with Gasteiger partial charge in [0.2, 0.25) is 5.82 Å². The predicted octanol–water partition coefficient (Wildman–Crippen LogP) is 5.32. The lowest BCUT2D eigenvalue weighted by Gasteiger charge is -2.09. The van der Waals surface area contributed by atoms with E-state index in [0.717, 1.165) is 8.45 Å². The van der Waals surface area contributed by atoms with Crippen molar-refractivity contribution in [3.63, 3.8) is 0 Å². The molecule has 1 N–H and O–H groups in total. The second kappa shape index (κ2) is 7.38. The maximum absolute atomic E-state index is 12.6. The van der Waals surface area contributed by atoms with E-state index in [1.165, 1.54) is 0 Å². The van der Waals surface area contributed by atoms with E-state index in [-0.39, 0.29) is 5.91 Å². The van der Waals surface area contributed by atoms with Gasteiger partial charge >= 0.3 is 0 Å². The molecule has 0 aliphatic heterocycles. The Bertz CT molecular complexity index is 1060. The third-order valence-electron chi connectivity index (χ3n) is 3.69. The molecular formula is C19H12IN3O2S. The fourth-order valence-corrected chi connectivity index (χ4v) is 3.73. The maximum Gasteiger partial charge on any atom is 0.260 e. The van der Waals surface area contributed by atoms with Gasteiger partial charge in [-0.05, 0) is 58.3 Å². The van der Waals surface area contributed by atoms with Crippen molar-refractivity contribution in [1.29, 1.82) is 0 Å². The molecule has 0 saturated heterocycles. The van der Waals surface area contributed by atoms with Crippen molar-refractivity contribution in [2.24, 2.45) is 0 Å². The third kappa shape index (κ3) is 3.40. The third-order valence-corrected chi connectivity index (χ3v) is 5.50. The highest BCUT2D eigenvalue weighted by molar-refractivity contribution is 14.1. The van der Waals surface area contributed by atoms with Gasteiger partial charge in [-0.15, -0.1) is 11.3 Å². The van der Waals surface area contributed by atoms with Crippen molar-refractivity contribution in [1.82, 2.24) is 10.1 Å². The molecule has 0 aliphatic rings. The van der Waals surface area contributed by atoms with Gasteiger partial charge in [0.05, 0.1) is 21.7 Å². The number of nitrogens with one attached hydrogen (secondary N) is 1. The Kier molecular flexibility index (Phi) is 4.81. The average Bonchev–Trinajstić information content (AvgIpc) is 3.34. The Hall–Kier alpha value is -2.52. The molecule has 0 radical (unpaired) electrons. The molecule has 7 heteroatoms. The zero-order valence-corrected chi connectivity index (χ0v) is 16.3. The highest BCUT2D eigenvalue weighted by Crippen LogP contribution is 2.30. The first-order valence-electron chi connectivity index (χ1n) is 7.75. The van der Waals surface area contributed by atoms with Crippen molar-refractivity contribution >= 4 is 45.5 Å². The summed E-state index contributed by atoms with van der Waals surface area (Å²) in [6, 6.07) is 18.7. The van der Waals surface area contributed by atoms with Gasteiger partial charge in [0, 0.05) is 3.57 Å². The Morgan fingerprint density at radius 2 is 1.85 bits per heavy atom. The molecule has 2 aromatic heterocycles. The van der Waals surface area contributed by atoms with Crippen LogP contribution in [-0.4, -0.2) is 16.0 Å². The smallest absolute Gasteiger partial charge is 0.260 e. The van der Waals surface area contributed by atoms with Gasteiger partial charge in [-0.2, -0.15) is 4.98 Å². The average molecular weight is 473 g/mol. The summed E-state index contributed by atoms with van der Waals surface area (Å²) < 4.78 is 6.31. The molecule has 1 amide bonds. The van der Waals surface area contributed by atoms with E-state index in [4.69, 9.17) is 4.52 Å². The SMILES string of the molecule is O=C(Nc1ccccc1-c1nc(-c2cccs2)no1)c1ccccc1I. The van der Waals surface area contributed by atoms with Crippen LogP contribution in [0, 0.1) is 3.57 Å². The molecule has 26 heavy (non-hydrogen) atoms. The van der Waals surface area contributed by atoms with Crippen molar-refractivity contribution in [2.75, 3.05) is 5.32 Å². The van der Waals surface area contributed by atoms with Gasteiger partial charge in [0.1, 0.15) is 0 Å². The number of benzene rings is 2. The largest absolute Gasteiger partial charge is 0.334 e. The van der Waals surface area contributed by atoms with Gasteiger partial charge in [-0.1, -0.05) is 35.5 Å². The Balaban J connectivity index is 1.65. The van der Waals surface area contributed by atoms with Crippen LogP contribution in [0.1, 0.15) is 10.4 Å². The molecule has 0 fully saturated rings. The molecular weight excluding hydrogens is 461 g/mol. The van der Waals surface area contributed by atoms with Gasteiger partial charge in [0.15, 0.2) is 0 Å². The zero-order chi connectivity index (χ0) is 17.9. The number of hydrogen-bond donors (Lipinski definition) is 1. The summed E-state index contributed by atoms with van der Waals surface area (Å²) in [4.78, 5) is 18.0. The minimum atomic E-state index is -0.180. The Morgan fingerprint density at radius 3 is 2.65 bits per heavy atom. The van der Waals surface area contributed by atoms with Crippen molar-refractivity contribution in [3.05, 3.63) is 75.2 Å². The van der Waals surface area contributed by atoms with Crippen LogP contribution in [0.3, 0.4) is 0 Å². The summed E-state index contributed by atoms with van der Waals surface area (Å²) in [6.45, 7) is 0. The molecule has 2 aromatic carbocycles.